The molecule has 0 radical (unpaired) electrons. The highest BCUT2D eigenvalue weighted by Crippen LogP contribution is 2.31. The molecule has 1 aliphatic rings. The van der Waals surface area contributed by atoms with E-state index in [1.807, 2.05) is 6.92 Å². The summed E-state index contributed by atoms with van der Waals surface area (Å²) >= 11 is 0. The van der Waals surface area contributed by atoms with Gasteiger partial charge in [0.25, 0.3) is 0 Å². The van der Waals surface area contributed by atoms with E-state index in [1.54, 1.807) is 0 Å². The van der Waals surface area contributed by atoms with E-state index in [9.17, 15) is 0 Å². The second kappa shape index (κ2) is 6.20. The van der Waals surface area contributed by atoms with E-state index in [2.05, 4.69) is 38.0 Å². The highest BCUT2D eigenvalue weighted by atomic mass is 15.1. The van der Waals surface area contributed by atoms with Crippen molar-refractivity contribution < 1.29 is 0 Å². The molecule has 4 nitrogen and oxygen atoms in total. The van der Waals surface area contributed by atoms with E-state index < -0.39 is 0 Å². The molecule has 1 fully saturated rings. The molecule has 2 unspecified atom stereocenters. The van der Waals surface area contributed by atoms with Crippen LogP contribution in [0.25, 0.3) is 0 Å². The molecule has 0 aromatic carbocycles. The van der Waals surface area contributed by atoms with Crippen molar-refractivity contribution in [2.24, 2.45) is 5.92 Å². The number of nitrogen functional groups attached to an aromatic ring is 1. The minimum absolute atomic E-state index is 0.0883. The van der Waals surface area contributed by atoms with Crippen molar-refractivity contribution in [1.82, 2.24) is 9.97 Å². The van der Waals surface area contributed by atoms with Gasteiger partial charge in [0.1, 0.15) is 17.5 Å². The van der Waals surface area contributed by atoms with E-state index in [0.29, 0.717) is 11.9 Å². The summed E-state index contributed by atoms with van der Waals surface area (Å²) < 4.78 is 0. The van der Waals surface area contributed by atoms with E-state index in [0.717, 1.165) is 23.1 Å². The van der Waals surface area contributed by atoms with Gasteiger partial charge in [0.2, 0.25) is 0 Å². The molecule has 0 spiro atoms. The van der Waals surface area contributed by atoms with Gasteiger partial charge in [-0.05, 0) is 25.7 Å². The van der Waals surface area contributed by atoms with Crippen LogP contribution in [0.4, 0.5) is 11.6 Å². The third kappa shape index (κ3) is 3.66. The van der Waals surface area contributed by atoms with Gasteiger partial charge in [-0.3, -0.25) is 0 Å². The van der Waals surface area contributed by atoms with Crippen molar-refractivity contribution in [3.8, 4) is 0 Å². The average molecular weight is 290 g/mol. The summed E-state index contributed by atoms with van der Waals surface area (Å²) in [5.41, 5.74) is 6.99. The monoisotopic (exact) mass is 290 g/mol. The third-order valence-corrected chi connectivity index (χ3v) is 4.61. The highest BCUT2D eigenvalue weighted by Gasteiger charge is 2.26. The van der Waals surface area contributed by atoms with Gasteiger partial charge in [0, 0.05) is 17.0 Å². The molecule has 1 heterocycles. The number of nitrogens with two attached hydrogens (primary N) is 1. The van der Waals surface area contributed by atoms with Gasteiger partial charge in [0.15, 0.2) is 0 Å². The Morgan fingerprint density at radius 2 is 1.86 bits per heavy atom. The molecule has 1 aromatic rings. The Morgan fingerprint density at radius 3 is 2.48 bits per heavy atom. The molecule has 0 saturated heterocycles. The number of rotatable bonds is 3. The molecular weight excluding hydrogens is 260 g/mol. The summed E-state index contributed by atoms with van der Waals surface area (Å²) in [5, 5.41) is 3.67. The Bertz CT molecular complexity index is 490. The van der Waals surface area contributed by atoms with Crippen LogP contribution in [0.3, 0.4) is 0 Å². The maximum Gasteiger partial charge on any atom is 0.138 e. The summed E-state index contributed by atoms with van der Waals surface area (Å²) in [6.45, 7) is 10.7. The molecule has 0 bridgehead atoms. The average Bonchev–Trinajstić information content (AvgIpc) is 2.43. The molecule has 21 heavy (non-hydrogen) atoms. The largest absolute Gasteiger partial charge is 0.383 e. The first kappa shape index (κ1) is 16.1. The predicted molar refractivity (Wildman–Crippen MR) is 89.5 cm³/mol. The van der Waals surface area contributed by atoms with Gasteiger partial charge in [-0.1, -0.05) is 47.0 Å². The molecular formula is C17H30N4. The first-order chi connectivity index (χ1) is 9.82. The summed E-state index contributed by atoms with van der Waals surface area (Å²) in [4.78, 5) is 9.23. The van der Waals surface area contributed by atoms with Crippen molar-refractivity contribution in [2.75, 3.05) is 11.1 Å². The Kier molecular flexibility index (Phi) is 4.74. The molecule has 118 valence electrons. The first-order valence-electron chi connectivity index (χ1n) is 8.24. The normalized spacial score (nSPS) is 23.1. The minimum atomic E-state index is -0.0883. The molecule has 0 amide bonds. The van der Waals surface area contributed by atoms with E-state index >= 15 is 0 Å². The van der Waals surface area contributed by atoms with Crippen LogP contribution in [-0.4, -0.2) is 16.0 Å². The van der Waals surface area contributed by atoms with Gasteiger partial charge in [-0.25, -0.2) is 9.97 Å². The third-order valence-electron chi connectivity index (χ3n) is 4.61. The second-order valence-electron chi connectivity index (χ2n) is 7.36. The number of nitrogens with zero attached hydrogens (tertiary/aromatic N) is 2. The molecule has 1 aliphatic carbocycles. The smallest absolute Gasteiger partial charge is 0.138 e. The fraction of sp³-hybridized carbons (Fsp3) is 0.765. The van der Waals surface area contributed by atoms with Crippen LogP contribution in [-0.2, 0) is 5.41 Å². The van der Waals surface area contributed by atoms with Gasteiger partial charge in [0.05, 0.1) is 0 Å². The van der Waals surface area contributed by atoms with Crippen LogP contribution < -0.4 is 11.1 Å². The van der Waals surface area contributed by atoms with E-state index in [4.69, 9.17) is 10.7 Å². The van der Waals surface area contributed by atoms with Crippen molar-refractivity contribution in [3.63, 3.8) is 0 Å². The quantitative estimate of drug-likeness (QED) is 0.881. The van der Waals surface area contributed by atoms with Crippen molar-refractivity contribution in [2.45, 2.75) is 78.2 Å². The van der Waals surface area contributed by atoms with Crippen LogP contribution in [0.15, 0.2) is 0 Å². The predicted octanol–water partition coefficient (Wildman–Crippen LogP) is 4.05. The standard InChI is InChI=1S/C17H30N4/c1-6-12-9-7-8-10-13(12)19-15-11(2)14(18)20-16(21-15)17(3,4)5/h12-13H,6-10H2,1-5H3,(H3,18,19,20,21). The molecule has 1 aromatic heterocycles. The van der Waals surface area contributed by atoms with Gasteiger partial charge >= 0.3 is 0 Å². The lowest BCUT2D eigenvalue weighted by atomic mass is 9.83. The molecule has 0 aliphatic heterocycles. The molecule has 1 saturated carbocycles. The van der Waals surface area contributed by atoms with Crippen molar-refractivity contribution in [1.29, 1.82) is 0 Å². The summed E-state index contributed by atoms with van der Waals surface area (Å²) in [7, 11) is 0. The fourth-order valence-electron chi connectivity index (χ4n) is 3.07. The van der Waals surface area contributed by atoms with Gasteiger partial charge in [-0.2, -0.15) is 0 Å². The summed E-state index contributed by atoms with van der Waals surface area (Å²) in [5.74, 6) is 3.09. The maximum atomic E-state index is 6.10. The Labute approximate surface area is 128 Å². The zero-order valence-electron chi connectivity index (χ0n) is 14.2. The van der Waals surface area contributed by atoms with Crippen LogP contribution in [0.1, 0.15) is 71.2 Å². The fourth-order valence-corrected chi connectivity index (χ4v) is 3.07. The summed E-state index contributed by atoms with van der Waals surface area (Å²) in [6.07, 6.45) is 6.44. The number of anilines is 2. The molecule has 4 heteroatoms. The summed E-state index contributed by atoms with van der Waals surface area (Å²) in [6, 6.07) is 0.518. The molecule has 2 rings (SSSR count). The lowest BCUT2D eigenvalue weighted by Gasteiger charge is -2.32. The zero-order chi connectivity index (χ0) is 15.6. The van der Waals surface area contributed by atoms with Crippen LogP contribution >= 0.6 is 0 Å². The van der Waals surface area contributed by atoms with Crippen molar-refractivity contribution in [3.05, 3.63) is 11.4 Å². The minimum Gasteiger partial charge on any atom is -0.383 e. The topological polar surface area (TPSA) is 63.8 Å². The Hall–Kier alpha value is -1.32. The van der Waals surface area contributed by atoms with Crippen LogP contribution in [0, 0.1) is 12.8 Å². The number of aromatic nitrogens is 2. The van der Waals surface area contributed by atoms with Gasteiger partial charge in [-0.15, -0.1) is 0 Å². The lowest BCUT2D eigenvalue weighted by molar-refractivity contribution is 0.316. The lowest BCUT2D eigenvalue weighted by Crippen LogP contribution is -2.33. The Morgan fingerprint density at radius 1 is 1.19 bits per heavy atom. The number of hydrogen-bond acceptors (Lipinski definition) is 4. The SMILES string of the molecule is CCC1CCCCC1Nc1nc(C(C)(C)C)nc(N)c1C. The highest BCUT2D eigenvalue weighted by molar-refractivity contribution is 5.55. The van der Waals surface area contributed by atoms with E-state index in [-0.39, 0.29) is 5.41 Å². The van der Waals surface area contributed by atoms with Crippen LogP contribution in [0.5, 0.6) is 0 Å². The second-order valence-corrected chi connectivity index (χ2v) is 7.36. The Balaban J connectivity index is 2.28. The first-order valence-corrected chi connectivity index (χ1v) is 8.24. The van der Waals surface area contributed by atoms with Crippen molar-refractivity contribution >= 4 is 11.6 Å². The maximum absolute atomic E-state index is 6.10. The van der Waals surface area contributed by atoms with E-state index in [1.165, 1.54) is 32.1 Å². The molecule has 2 atom stereocenters. The molecule has 3 N–H and O–H groups in total. The van der Waals surface area contributed by atoms with Gasteiger partial charge < -0.3 is 11.1 Å². The van der Waals surface area contributed by atoms with Crippen LogP contribution in [0.2, 0.25) is 0 Å². The number of hydrogen-bond donors (Lipinski definition) is 2. The zero-order valence-corrected chi connectivity index (χ0v) is 14.2. The number of nitrogens with one attached hydrogen (secondary N) is 1.